The lowest BCUT2D eigenvalue weighted by atomic mass is 10.1. The second-order valence-electron chi connectivity index (χ2n) is 3.75. The van der Waals surface area contributed by atoms with E-state index in [9.17, 15) is 4.39 Å². The van der Waals surface area contributed by atoms with E-state index in [-0.39, 0.29) is 11.9 Å². The van der Waals surface area contributed by atoms with Gasteiger partial charge in [0.1, 0.15) is 10.8 Å². The van der Waals surface area contributed by atoms with Crippen molar-refractivity contribution in [2.75, 3.05) is 0 Å². The normalized spacial score (nSPS) is 12.4. The van der Waals surface area contributed by atoms with Gasteiger partial charge in [0.15, 0.2) is 0 Å². The molecule has 0 amide bonds. The molecule has 1 heterocycles. The van der Waals surface area contributed by atoms with E-state index in [2.05, 4.69) is 4.98 Å². The van der Waals surface area contributed by atoms with Gasteiger partial charge < -0.3 is 5.73 Å². The molecule has 0 fully saturated rings. The molecule has 2 rings (SSSR count). The largest absolute Gasteiger partial charge is 0.324 e. The van der Waals surface area contributed by atoms with Crippen LogP contribution in [0.5, 0.6) is 0 Å². The molecule has 0 spiro atoms. The van der Waals surface area contributed by atoms with Crippen LogP contribution in [-0.4, -0.2) is 4.98 Å². The predicted octanol–water partition coefficient (Wildman–Crippen LogP) is 3.39. The summed E-state index contributed by atoms with van der Waals surface area (Å²) in [4.78, 5) is 4.71. The minimum absolute atomic E-state index is 0.154. The van der Waals surface area contributed by atoms with Gasteiger partial charge in [0.2, 0.25) is 0 Å². The molecule has 0 unspecified atom stereocenters. The maximum absolute atomic E-state index is 13.8. The summed E-state index contributed by atoms with van der Waals surface area (Å²) < 4.78 is 13.8. The summed E-state index contributed by atoms with van der Waals surface area (Å²) in [6, 6.07) is 10.5. The molecule has 88 valence electrons. The van der Waals surface area contributed by atoms with Crippen LogP contribution >= 0.6 is 11.8 Å². The fraction of sp³-hybridized carbons (Fsp3) is 0.154. The monoisotopic (exact) mass is 248 g/mol. The van der Waals surface area contributed by atoms with E-state index in [0.29, 0.717) is 4.90 Å². The van der Waals surface area contributed by atoms with Crippen LogP contribution in [0.1, 0.15) is 18.5 Å². The third kappa shape index (κ3) is 3.05. The van der Waals surface area contributed by atoms with Crippen LogP contribution in [-0.2, 0) is 0 Å². The highest BCUT2D eigenvalue weighted by Gasteiger charge is 2.08. The summed E-state index contributed by atoms with van der Waals surface area (Å²) in [5.74, 6) is -0.254. The first-order valence-corrected chi connectivity index (χ1v) is 6.12. The first kappa shape index (κ1) is 12.1. The van der Waals surface area contributed by atoms with E-state index >= 15 is 0 Å². The summed E-state index contributed by atoms with van der Waals surface area (Å²) >= 11 is 1.31. The molecule has 17 heavy (non-hydrogen) atoms. The number of aromatic nitrogens is 1. The van der Waals surface area contributed by atoms with Crippen LogP contribution < -0.4 is 5.73 Å². The van der Waals surface area contributed by atoms with Gasteiger partial charge >= 0.3 is 0 Å². The number of pyridine rings is 1. The number of rotatable bonds is 3. The molecular weight excluding hydrogens is 235 g/mol. The standard InChI is InChI=1S/C13H13FN2S/c1-9(15)10-5-6-12(11(14)8-10)17-13-4-2-3-7-16-13/h2-9H,15H2,1H3/t9-/m1/s1. The van der Waals surface area contributed by atoms with Gasteiger partial charge in [-0.05, 0) is 36.8 Å². The van der Waals surface area contributed by atoms with E-state index in [1.165, 1.54) is 17.8 Å². The predicted molar refractivity (Wildman–Crippen MR) is 67.4 cm³/mol. The van der Waals surface area contributed by atoms with Gasteiger partial charge in [-0.1, -0.05) is 23.9 Å². The summed E-state index contributed by atoms with van der Waals surface area (Å²) in [5, 5.41) is 0.778. The van der Waals surface area contributed by atoms with Gasteiger partial charge in [0.25, 0.3) is 0 Å². The molecule has 2 N–H and O–H groups in total. The SMILES string of the molecule is C[C@@H](N)c1ccc(Sc2ccccn2)c(F)c1. The molecule has 0 radical (unpaired) electrons. The molecule has 0 aliphatic carbocycles. The van der Waals surface area contributed by atoms with Crippen LogP contribution in [0, 0.1) is 5.82 Å². The average molecular weight is 248 g/mol. The van der Waals surface area contributed by atoms with Gasteiger partial charge in [-0.25, -0.2) is 9.37 Å². The van der Waals surface area contributed by atoms with Crippen molar-refractivity contribution in [3.63, 3.8) is 0 Å². The smallest absolute Gasteiger partial charge is 0.137 e. The Kier molecular flexibility index (Phi) is 3.76. The Labute approximate surface area is 104 Å². The third-order valence-electron chi connectivity index (χ3n) is 2.33. The van der Waals surface area contributed by atoms with Crippen molar-refractivity contribution in [3.05, 3.63) is 54.0 Å². The third-order valence-corrected chi connectivity index (χ3v) is 3.34. The first-order valence-electron chi connectivity index (χ1n) is 5.31. The van der Waals surface area contributed by atoms with Gasteiger partial charge in [0, 0.05) is 17.1 Å². The number of nitrogens with zero attached hydrogens (tertiary/aromatic N) is 1. The number of hydrogen-bond acceptors (Lipinski definition) is 3. The zero-order chi connectivity index (χ0) is 12.3. The quantitative estimate of drug-likeness (QED) is 0.905. The van der Waals surface area contributed by atoms with E-state index in [1.54, 1.807) is 12.3 Å². The van der Waals surface area contributed by atoms with Crippen molar-refractivity contribution in [2.45, 2.75) is 22.9 Å². The molecular formula is C13H13FN2S. The van der Waals surface area contributed by atoms with Gasteiger partial charge in [0.05, 0.1) is 0 Å². The number of nitrogens with two attached hydrogens (primary N) is 1. The summed E-state index contributed by atoms with van der Waals surface area (Å²) in [5.41, 5.74) is 6.50. The van der Waals surface area contributed by atoms with Crippen LogP contribution in [0.3, 0.4) is 0 Å². The van der Waals surface area contributed by atoms with E-state index in [0.717, 1.165) is 10.6 Å². The summed E-state index contributed by atoms with van der Waals surface area (Å²) in [6.07, 6.45) is 1.69. The van der Waals surface area contributed by atoms with E-state index < -0.39 is 0 Å². The first-order chi connectivity index (χ1) is 8.16. The number of benzene rings is 1. The molecule has 1 aromatic carbocycles. The summed E-state index contributed by atoms with van der Waals surface area (Å²) in [7, 11) is 0. The molecule has 1 aromatic heterocycles. The molecule has 0 bridgehead atoms. The van der Waals surface area contributed by atoms with Crippen LogP contribution in [0.2, 0.25) is 0 Å². The lowest BCUT2D eigenvalue weighted by Gasteiger charge is -2.08. The molecule has 0 aliphatic rings. The minimum atomic E-state index is -0.254. The Morgan fingerprint density at radius 3 is 2.71 bits per heavy atom. The summed E-state index contributed by atoms with van der Waals surface area (Å²) in [6.45, 7) is 1.83. The van der Waals surface area contributed by atoms with Crippen molar-refractivity contribution in [2.24, 2.45) is 5.73 Å². The molecule has 0 aliphatic heterocycles. The van der Waals surface area contributed by atoms with Crippen molar-refractivity contribution in [1.29, 1.82) is 0 Å². The highest BCUT2D eigenvalue weighted by atomic mass is 32.2. The lowest BCUT2D eigenvalue weighted by molar-refractivity contribution is 0.596. The minimum Gasteiger partial charge on any atom is -0.324 e. The zero-order valence-corrected chi connectivity index (χ0v) is 10.2. The Morgan fingerprint density at radius 1 is 1.29 bits per heavy atom. The van der Waals surface area contributed by atoms with Gasteiger partial charge in [-0.2, -0.15) is 0 Å². The Hall–Kier alpha value is -1.39. The van der Waals surface area contributed by atoms with Crippen molar-refractivity contribution < 1.29 is 4.39 Å². The van der Waals surface area contributed by atoms with E-state index in [4.69, 9.17) is 5.73 Å². The lowest BCUT2D eigenvalue weighted by Crippen LogP contribution is -2.05. The van der Waals surface area contributed by atoms with Crippen LogP contribution in [0.25, 0.3) is 0 Å². The molecule has 2 nitrogen and oxygen atoms in total. The number of halogens is 1. The fourth-order valence-corrected chi connectivity index (χ4v) is 2.18. The molecule has 2 aromatic rings. The Bertz CT molecular complexity index is 500. The molecule has 0 saturated carbocycles. The maximum Gasteiger partial charge on any atom is 0.137 e. The number of hydrogen-bond donors (Lipinski definition) is 1. The van der Waals surface area contributed by atoms with Gasteiger partial charge in [-0.3, -0.25) is 0 Å². The fourth-order valence-electron chi connectivity index (χ4n) is 1.40. The van der Waals surface area contributed by atoms with Crippen LogP contribution in [0.4, 0.5) is 4.39 Å². The molecule has 0 saturated heterocycles. The highest BCUT2D eigenvalue weighted by Crippen LogP contribution is 2.29. The second-order valence-corrected chi connectivity index (χ2v) is 4.81. The van der Waals surface area contributed by atoms with E-state index in [1.807, 2.05) is 31.2 Å². The maximum atomic E-state index is 13.8. The Morgan fingerprint density at radius 2 is 2.12 bits per heavy atom. The zero-order valence-electron chi connectivity index (χ0n) is 9.43. The van der Waals surface area contributed by atoms with Crippen molar-refractivity contribution in [3.8, 4) is 0 Å². The average Bonchev–Trinajstić information content (AvgIpc) is 2.33. The Balaban J connectivity index is 2.23. The second kappa shape index (κ2) is 5.29. The highest BCUT2D eigenvalue weighted by molar-refractivity contribution is 7.99. The molecule has 1 atom stereocenters. The van der Waals surface area contributed by atoms with Crippen molar-refractivity contribution >= 4 is 11.8 Å². The topological polar surface area (TPSA) is 38.9 Å². The molecule has 4 heteroatoms. The van der Waals surface area contributed by atoms with Crippen LogP contribution in [0.15, 0.2) is 52.5 Å². The van der Waals surface area contributed by atoms with Crippen molar-refractivity contribution in [1.82, 2.24) is 4.98 Å². The van der Waals surface area contributed by atoms with Gasteiger partial charge in [-0.15, -0.1) is 0 Å².